The molecule has 0 saturated heterocycles. The largest absolute Gasteiger partial charge is 0.461 e. The first kappa shape index (κ1) is 30.8. The molecule has 1 saturated carbocycles. The SMILES string of the molecule is CCOC(=O)c1csc(-n2nc(-c3ccc(F)c(-c4ccc(C)cc4)c3)c(Cc3ccc(S(N)(=O)=O)c(F)c3)c2CC2CC2)n1. The normalized spacial score (nSPS) is 13.3. The topological polar surface area (TPSA) is 117 Å². The van der Waals surface area contributed by atoms with Gasteiger partial charge in [0.15, 0.2) is 5.69 Å². The lowest BCUT2D eigenvalue weighted by Gasteiger charge is -2.11. The van der Waals surface area contributed by atoms with E-state index >= 15 is 4.39 Å². The number of hydrogen-bond donors (Lipinski definition) is 1. The van der Waals surface area contributed by atoms with Gasteiger partial charge in [-0.15, -0.1) is 11.3 Å². The summed E-state index contributed by atoms with van der Waals surface area (Å²) in [6.45, 7) is 3.89. The third kappa shape index (κ3) is 6.58. The van der Waals surface area contributed by atoms with Gasteiger partial charge in [0, 0.05) is 28.5 Å². The molecule has 232 valence electrons. The Morgan fingerprint density at radius 1 is 1.04 bits per heavy atom. The number of aryl methyl sites for hydroxylation is 1. The number of ether oxygens (including phenoxy) is 1. The van der Waals surface area contributed by atoms with E-state index in [1.807, 2.05) is 31.2 Å². The monoisotopic (exact) mass is 648 g/mol. The van der Waals surface area contributed by atoms with Crippen LogP contribution in [0.15, 0.2) is 70.9 Å². The summed E-state index contributed by atoms with van der Waals surface area (Å²) in [7, 11) is -4.24. The van der Waals surface area contributed by atoms with Crippen molar-refractivity contribution in [3.63, 3.8) is 0 Å². The fourth-order valence-electron chi connectivity index (χ4n) is 5.24. The standard InChI is InChI=1S/C33H30F2N4O4S2/c1-3-43-32(40)28-18-44-33(37-28)39-29(16-20-6-7-20)25(14-21-8-13-30(27(35)15-21)45(36,41)42)31(38-39)23-11-12-26(34)24(17-23)22-9-4-19(2)5-10-22/h4-5,8-13,15,17-18,20H,3,6-7,14,16H2,1-2H3,(H2,36,41,42). The number of halogens is 2. The Kier molecular flexibility index (Phi) is 8.38. The predicted molar refractivity (Wildman–Crippen MR) is 168 cm³/mol. The molecular weight excluding hydrogens is 619 g/mol. The maximum Gasteiger partial charge on any atom is 0.357 e. The van der Waals surface area contributed by atoms with Gasteiger partial charge in [0.25, 0.3) is 0 Å². The highest BCUT2D eigenvalue weighted by Gasteiger charge is 2.30. The molecule has 12 heteroatoms. The van der Waals surface area contributed by atoms with Crippen molar-refractivity contribution in [3.8, 4) is 27.5 Å². The predicted octanol–water partition coefficient (Wildman–Crippen LogP) is 6.62. The minimum Gasteiger partial charge on any atom is -0.461 e. The second-order valence-electron chi connectivity index (χ2n) is 11.1. The van der Waals surface area contributed by atoms with Crippen LogP contribution in [-0.4, -0.2) is 35.8 Å². The van der Waals surface area contributed by atoms with Gasteiger partial charge >= 0.3 is 5.97 Å². The molecule has 8 nitrogen and oxygen atoms in total. The molecule has 1 aliphatic carbocycles. The molecule has 5 aromatic rings. The molecule has 2 heterocycles. The van der Waals surface area contributed by atoms with Gasteiger partial charge in [0.1, 0.15) is 16.5 Å². The Hall–Kier alpha value is -4.26. The van der Waals surface area contributed by atoms with Crippen molar-refractivity contribution in [1.82, 2.24) is 14.8 Å². The molecule has 6 rings (SSSR count). The fraction of sp³-hybridized carbons (Fsp3) is 0.242. The molecule has 0 radical (unpaired) electrons. The highest BCUT2D eigenvalue weighted by atomic mass is 32.2. The van der Waals surface area contributed by atoms with Gasteiger partial charge in [-0.05, 0) is 80.5 Å². The number of aromatic nitrogens is 3. The Morgan fingerprint density at radius 2 is 1.78 bits per heavy atom. The van der Waals surface area contributed by atoms with Gasteiger partial charge in [-0.1, -0.05) is 35.9 Å². The number of carbonyl (C=O) groups excluding carboxylic acids is 1. The molecule has 2 N–H and O–H groups in total. The minimum absolute atomic E-state index is 0.164. The van der Waals surface area contributed by atoms with Crippen LogP contribution in [0.4, 0.5) is 8.78 Å². The van der Waals surface area contributed by atoms with Crippen LogP contribution in [0.3, 0.4) is 0 Å². The van der Waals surface area contributed by atoms with Crippen molar-refractivity contribution >= 4 is 27.3 Å². The smallest absolute Gasteiger partial charge is 0.357 e. The van der Waals surface area contributed by atoms with Crippen molar-refractivity contribution in [2.24, 2.45) is 11.1 Å². The third-order valence-corrected chi connectivity index (χ3v) is 9.47. The number of rotatable bonds is 10. The van der Waals surface area contributed by atoms with E-state index in [0.717, 1.165) is 41.8 Å². The van der Waals surface area contributed by atoms with Crippen molar-refractivity contribution in [3.05, 3.63) is 106 Å². The van der Waals surface area contributed by atoms with Crippen molar-refractivity contribution in [1.29, 1.82) is 0 Å². The number of sulfonamides is 1. The van der Waals surface area contributed by atoms with E-state index in [4.69, 9.17) is 15.0 Å². The number of hydrogen-bond acceptors (Lipinski definition) is 7. The molecule has 1 fully saturated rings. The van der Waals surface area contributed by atoms with E-state index in [1.165, 1.54) is 23.5 Å². The number of benzene rings is 3. The van der Waals surface area contributed by atoms with Crippen molar-refractivity contribution in [2.75, 3.05) is 6.61 Å². The summed E-state index contributed by atoms with van der Waals surface area (Å²) >= 11 is 1.24. The molecule has 2 aromatic heterocycles. The lowest BCUT2D eigenvalue weighted by atomic mass is 9.94. The third-order valence-electron chi connectivity index (χ3n) is 7.71. The molecular formula is C33H30F2N4O4S2. The van der Waals surface area contributed by atoms with E-state index in [-0.39, 0.29) is 24.5 Å². The zero-order chi connectivity index (χ0) is 31.9. The Morgan fingerprint density at radius 3 is 2.44 bits per heavy atom. The van der Waals surface area contributed by atoms with Crippen LogP contribution in [-0.2, 0) is 27.6 Å². The van der Waals surface area contributed by atoms with E-state index in [9.17, 15) is 17.6 Å². The number of primary sulfonamides is 1. The fourth-order valence-corrected chi connectivity index (χ4v) is 6.60. The second-order valence-corrected chi connectivity index (χ2v) is 13.5. The first-order valence-electron chi connectivity index (χ1n) is 14.4. The van der Waals surface area contributed by atoms with Crippen LogP contribution >= 0.6 is 11.3 Å². The van der Waals surface area contributed by atoms with Gasteiger partial charge in [-0.2, -0.15) is 5.10 Å². The summed E-state index contributed by atoms with van der Waals surface area (Å²) in [5.74, 6) is -1.46. The summed E-state index contributed by atoms with van der Waals surface area (Å²) < 4.78 is 60.7. The molecule has 1 aliphatic rings. The molecule has 0 unspecified atom stereocenters. The van der Waals surface area contributed by atoms with Gasteiger partial charge in [-0.25, -0.2) is 36.8 Å². The van der Waals surface area contributed by atoms with Crippen molar-refractivity contribution in [2.45, 2.75) is 44.4 Å². The molecule has 45 heavy (non-hydrogen) atoms. The summed E-state index contributed by atoms with van der Waals surface area (Å²) in [6.07, 6.45) is 2.93. The van der Waals surface area contributed by atoms with Gasteiger partial charge < -0.3 is 4.74 Å². The summed E-state index contributed by atoms with van der Waals surface area (Å²) in [6, 6.07) is 16.2. The second kappa shape index (κ2) is 12.3. The average molecular weight is 649 g/mol. The Balaban J connectivity index is 1.53. The highest BCUT2D eigenvalue weighted by molar-refractivity contribution is 7.89. The van der Waals surface area contributed by atoms with E-state index in [1.54, 1.807) is 29.1 Å². The Bertz CT molecular complexity index is 2020. The van der Waals surface area contributed by atoms with Crippen LogP contribution in [0.2, 0.25) is 0 Å². The number of thiazole rings is 1. The van der Waals surface area contributed by atoms with Gasteiger partial charge in [0.2, 0.25) is 15.2 Å². The van der Waals surface area contributed by atoms with Gasteiger partial charge in [-0.3, -0.25) is 0 Å². The first-order valence-corrected chi connectivity index (χ1v) is 16.9. The maximum absolute atomic E-state index is 15.2. The van der Waals surface area contributed by atoms with Crippen LogP contribution in [0.5, 0.6) is 0 Å². The molecule has 0 atom stereocenters. The maximum atomic E-state index is 15.2. The van der Waals surface area contributed by atoms with Crippen molar-refractivity contribution < 1.29 is 26.7 Å². The number of carbonyl (C=O) groups is 1. The molecule has 0 spiro atoms. The molecule has 3 aromatic carbocycles. The van der Waals surface area contributed by atoms with E-state index in [0.29, 0.717) is 45.4 Å². The van der Waals surface area contributed by atoms with Crippen LogP contribution < -0.4 is 5.14 Å². The number of nitrogens with zero attached hydrogens (tertiary/aromatic N) is 3. The lowest BCUT2D eigenvalue weighted by Crippen LogP contribution is -2.14. The molecule has 0 aliphatic heterocycles. The van der Waals surface area contributed by atoms with Crippen LogP contribution in [0.25, 0.3) is 27.5 Å². The summed E-state index contributed by atoms with van der Waals surface area (Å²) in [4.78, 5) is 16.4. The van der Waals surface area contributed by atoms with Gasteiger partial charge in [0.05, 0.1) is 18.0 Å². The average Bonchev–Trinajstić information content (AvgIpc) is 3.56. The minimum atomic E-state index is -4.24. The molecule has 0 amide bonds. The number of nitrogens with two attached hydrogens (primary N) is 1. The van der Waals surface area contributed by atoms with E-state index in [2.05, 4.69) is 4.98 Å². The van der Waals surface area contributed by atoms with E-state index < -0.39 is 26.7 Å². The first-order chi connectivity index (χ1) is 21.5. The summed E-state index contributed by atoms with van der Waals surface area (Å²) in [5, 5.41) is 12.2. The summed E-state index contributed by atoms with van der Waals surface area (Å²) in [5.41, 5.74) is 5.60. The van der Waals surface area contributed by atoms with Crippen LogP contribution in [0, 0.1) is 24.5 Å². The zero-order valence-corrected chi connectivity index (χ0v) is 26.2. The molecule has 0 bridgehead atoms. The highest BCUT2D eigenvalue weighted by Crippen LogP contribution is 2.39. The number of esters is 1. The zero-order valence-electron chi connectivity index (χ0n) is 24.6. The lowest BCUT2D eigenvalue weighted by molar-refractivity contribution is 0.0520. The Labute approximate surface area is 263 Å². The van der Waals surface area contributed by atoms with Crippen LogP contribution in [0.1, 0.15) is 52.6 Å². The quantitative estimate of drug-likeness (QED) is 0.170.